The van der Waals surface area contributed by atoms with Gasteiger partial charge in [-0.1, -0.05) is 18.3 Å². The van der Waals surface area contributed by atoms with Gasteiger partial charge in [0.05, 0.1) is 11.0 Å². The highest BCUT2D eigenvalue weighted by molar-refractivity contribution is 7.13. The number of nitrogens with one attached hydrogen (secondary N) is 1. The van der Waals surface area contributed by atoms with Crippen molar-refractivity contribution in [1.29, 1.82) is 0 Å². The molecule has 0 aliphatic rings. The molecule has 5 nitrogen and oxygen atoms in total. The van der Waals surface area contributed by atoms with Gasteiger partial charge in [-0.05, 0) is 24.9 Å². The van der Waals surface area contributed by atoms with Crippen LogP contribution in [-0.4, -0.2) is 22.7 Å². The van der Waals surface area contributed by atoms with Crippen molar-refractivity contribution in [2.24, 2.45) is 0 Å². The molecule has 0 saturated carbocycles. The molecule has 0 saturated heterocycles. The molecule has 16 heavy (non-hydrogen) atoms. The van der Waals surface area contributed by atoms with E-state index in [0.717, 1.165) is 29.9 Å². The normalized spacial score (nSPS) is 12.6. The average molecular weight is 244 g/mol. The van der Waals surface area contributed by atoms with Gasteiger partial charge in [0.15, 0.2) is 0 Å². The van der Waals surface area contributed by atoms with E-state index in [-0.39, 0.29) is 16.0 Å². The van der Waals surface area contributed by atoms with Crippen molar-refractivity contribution in [2.75, 3.05) is 6.54 Å². The topological polar surface area (TPSA) is 75.4 Å². The minimum Gasteiger partial charge on any atom is -0.393 e. The summed E-state index contributed by atoms with van der Waals surface area (Å²) in [5.74, 6) is 0. The number of aliphatic hydroxyl groups excluding tert-OH is 1. The summed E-state index contributed by atoms with van der Waals surface area (Å²) in [6, 6.07) is 1.58. The summed E-state index contributed by atoms with van der Waals surface area (Å²) < 4.78 is 0. The van der Waals surface area contributed by atoms with Crippen LogP contribution in [0.3, 0.4) is 0 Å². The summed E-state index contributed by atoms with van der Waals surface area (Å²) in [5, 5.41) is 24.8. The Kier molecular flexibility index (Phi) is 5.37. The Balaban J connectivity index is 2.24. The number of hydrogen-bond acceptors (Lipinski definition) is 5. The predicted octanol–water partition coefficient (Wildman–Crippen LogP) is 1.91. The van der Waals surface area contributed by atoms with E-state index >= 15 is 0 Å². The third-order valence-corrected chi connectivity index (χ3v) is 3.20. The summed E-state index contributed by atoms with van der Waals surface area (Å²) in [5.41, 5.74) is 0.919. The highest BCUT2D eigenvalue weighted by Crippen LogP contribution is 2.22. The first-order chi connectivity index (χ1) is 7.63. The van der Waals surface area contributed by atoms with Gasteiger partial charge in [0, 0.05) is 18.0 Å². The molecule has 1 aromatic rings. The van der Waals surface area contributed by atoms with Crippen LogP contribution in [0.25, 0.3) is 0 Å². The van der Waals surface area contributed by atoms with Gasteiger partial charge in [0.25, 0.3) is 0 Å². The van der Waals surface area contributed by atoms with Gasteiger partial charge in [-0.3, -0.25) is 10.1 Å². The Morgan fingerprint density at radius 1 is 1.69 bits per heavy atom. The molecule has 0 radical (unpaired) electrons. The second-order valence-corrected chi connectivity index (χ2v) is 4.47. The molecule has 0 aliphatic carbocycles. The lowest BCUT2D eigenvalue weighted by atomic mass is 10.2. The predicted molar refractivity (Wildman–Crippen MR) is 63.6 cm³/mol. The zero-order valence-electron chi connectivity index (χ0n) is 9.18. The average Bonchev–Trinajstić information content (AvgIpc) is 2.72. The Hall–Kier alpha value is -0.980. The van der Waals surface area contributed by atoms with Crippen LogP contribution in [0.4, 0.5) is 5.00 Å². The zero-order valence-corrected chi connectivity index (χ0v) is 10.00. The fraction of sp³-hybridized carbons (Fsp3) is 0.600. The first-order valence-electron chi connectivity index (χ1n) is 5.24. The van der Waals surface area contributed by atoms with Gasteiger partial charge in [0.2, 0.25) is 0 Å². The van der Waals surface area contributed by atoms with Crippen LogP contribution in [0.15, 0.2) is 11.4 Å². The van der Waals surface area contributed by atoms with E-state index in [4.69, 9.17) is 0 Å². The Labute approximate surface area is 98.3 Å². The summed E-state index contributed by atoms with van der Waals surface area (Å²) in [6.45, 7) is 3.27. The molecule has 0 aromatic carbocycles. The van der Waals surface area contributed by atoms with Gasteiger partial charge < -0.3 is 10.4 Å². The van der Waals surface area contributed by atoms with Crippen LogP contribution in [0.1, 0.15) is 25.3 Å². The van der Waals surface area contributed by atoms with E-state index in [1.54, 1.807) is 11.4 Å². The minimum atomic E-state index is -0.380. The summed E-state index contributed by atoms with van der Waals surface area (Å²) in [7, 11) is 0. The second kappa shape index (κ2) is 6.57. The van der Waals surface area contributed by atoms with Crippen molar-refractivity contribution in [2.45, 2.75) is 32.4 Å². The molecule has 6 heteroatoms. The van der Waals surface area contributed by atoms with Crippen LogP contribution in [0.5, 0.6) is 0 Å². The molecule has 1 rings (SSSR count). The molecular formula is C10H16N2O3S. The van der Waals surface area contributed by atoms with Crippen molar-refractivity contribution in [1.82, 2.24) is 5.32 Å². The zero-order chi connectivity index (χ0) is 12.0. The van der Waals surface area contributed by atoms with E-state index in [0.29, 0.717) is 13.0 Å². The standard InChI is InChI=1S/C10H16N2O3S/c1-2-9(13)3-4-11-6-8-5-10(12(14)15)16-7-8/h5,7,9,11,13H,2-4,6H2,1H3. The van der Waals surface area contributed by atoms with E-state index in [1.807, 2.05) is 6.92 Å². The Bertz CT molecular complexity index is 341. The molecular weight excluding hydrogens is 228 g/mol. The first-order valence-corrected chi connectivity index (χ1v) is 6.12. The summed E-state index contributed by atoms with van der Waals surface area (Å²) in [4.78, 5) is 10.1. The van der Waals surface area contributed by atoms with E-state index in [9.17, 15) is 15.2 Å². The maximum atomic E-state index is 10.4. The van der Waals surface area contributed by atoms with Gasteiger partial charge in [0.1, 0.15) is 0 Å². The lowest BCUT2D eigenvalue weighted by Gasteiger charge is -2.07. The monoisotopic (exact) mass is 244 g/mol. The van der Waals surface area contributed by atoms with Crippen LogP contribution in [0.2, 0.25) is 0 Å². The third-order valence-electron chi connectivity index (χ3n) is 2.27. The number of nitrogens with zero attached hydrogens (tertiary/aromatic N) is 1. The summed E-state index contributed by atoms with van der Waals surface area (Å²) in [6.07, 6.45) is 1.21. The molecule has 90 valence electrons. The molecule has 1 aromatic heterocycles. The third kappa shape index (κ3) is 4.26. The number of thiophene rings is 1. The van der Waals surface area contributed by atoms with Gasteiger partial charge in [-0.2, -0.15) is 0 Å². The molecule has 0 amide bonds. The van der Waals surface area contributed by atoms with Crippen LogP contribution in [0, 0.1) is 10.1 Å². The Morgan fingerprint density at radius 2 is 2.44 bits per heavy atom. The van der Waals surface area contributed by atoms with Crippen molar-refractivity contribution in [3.63, 3.8) is 0 Å². The van der Waals surface area contributed by atoms with E-state index in [1.165, 1.54) is 0 Å². The molecule has 0 spiro atoms. The lowest BCUT2D eigenvalue weighted by molar-refractivity contribution is -0.380. The van der Waals surface area contributed by atoms with Gasteiger partial charge >= 0.3 is 5.00 Å². The second-order valence-electron chi connectivity index (χ2n) is 3.58. The number of nitro groups is 1. The van der Waals surface area contributed by atoms with Crippen molar-refractivity contribution in [3.05, 3.63) is 27.1 Å². The van der Waals surface area contributed by atoms with E-state index in [2.05, 4.69) is 5.32 Å². The molecule has 0 fully saturated rings. The smallest absolute Gasteiger partial charge is 0.324 e. The fourth-order valence-corrected chi connectivity index (χ4v) is 1.99. The van der Waals surface area contributed by atoms with Crippen LogP contribution >= 0.6 is 11.3 Å². The maximum absolute atomic E-state index is 10.4. The quantitative estimate of drug-likeness (QED) is 0.436. The highest BCUT2D eigenvalue weighted by atomic mass is 32.1. The largest absolute Gasteiger partial charge is 0.393 e. The number of aliphatic hydroxyl groups is 1. The summed E-state index contributed by atoms with van der Waals surface area (Å²) >= 11 is 1.14. The minimum absolute atomic E-state index is 0.172. The van der Waals surface area contributed by atoms with Crippen LogP contribution in [-0.2, 0) is 6.54 Å². The van der Waals surface area contributed by atoms with E-state index < -0.39 is 0 Å². The van der Waals surface area contributed by atoms with Gasteiger partial charge in [-0.25, -0.2) is 0 Å². The SMILES string of the molecule is CCC(O)CCNCc1csc([N+](=O)[O-])c1. The van der Waals surface area contributed by atoms with Crippen molar-refractivity contribution in [3.8, 4) is 0 Å². The number of rotatable bonds is 7. The molecule has 1 unspecified atom stereocenters. The van der Waals surface area contributed by atoms with Gasteiger partial charge in [-0.15, -0.1) is 0 Å². The lowest BCUT2D eigenvalue weighted by Crippen LogP contribution is -2.19. The molecule has 0 bridgehead atoms. The van der Waals surface area contributed by atoms with Crippen molar-refractivity contribution >= 4 is 16.3 Å². The molecule has 1 heterocycles. The fourth-order valence-electron chi connectivity index (χ4n) is 1.26. The molecule has 0 aliphatic heterocycles. The Morgan fingerprint density at radius 3 is 3.00 bits per heavy atom. The van der Waals surface area contributed by atoms with Crippen LogP contribution < -0.4 is 5.32 Å². The molecule has 1 atom stereocenters. The highest BCUT2D eigenvalue weighted by Gasteiger charge is 2.09. The number of hydrogen-bond donors (Lipinski definition) is 2. The van der Waals surface area contributed by atoms with Crippen molar-refractivity contribution < 1.29 is 10.0 Å². The molecule has 2 N–H and O–H groups in total. The first kappa shape index (κ1) is 13.1. The maximum Gasteiger partial charge on any atom is 0.324 e.